The molecule has 0 saturated carbocycles. The lowest BCUT2D eigenvalue weighted by atomic mass is 10.0. The molecule has 176 valence electrons. The van der Waals surface area contributed by atoms with Gasteiger partial charge in [-0.1, -0.05) is 113 Å². The Morgan fingerprint density at radius 1 is 0.844 bits per heavy atom. The number of hydrogen-bond donors (Lipinski definition) is 0. The number of rotatable bonds is 7. The zero-order chi connectivity index (χ0) is 23.8. The summed E-state index contributed by atoms with van der Waals surface area (Å²) in [6.07, 6.45) is 1.77. The molecule has 0 amide bonds. The van der Waals surface area contributed by atoms with Gasteiger partial charge in [-0.15, -0.1) is 0 Å². The van der Waals surface area contributed by atoms with Crippen LogP contribution in [0.25, 0.3) is 0 Å². The van der Waals surface area contributed by atoms with Crippen molar-refractivity contribution in [3.8, 4) is 0 Å². The van der Waals surface area contributed by atoms with E-state index in [1.165, 1.54) is 10.4 Å². The molecule has 4 heteroatoms. The Labute approximate surface area is 198 Å². The molecular weight excluding hydrogens is 424 g/mol. The van der Waals surface area contributed by atoms with Gasteiger partial charge >= 0.3 is 0 Å². The summed E-state index contributed by atoms with van der Waals surface area (Å²) in [7, 11) is -3.87. The largest absolute Gasteiger partial charge is 0.412 e. The Morgan fingerprint density at radius 2 is 1.28 bits per heavy atom. The average molecular weight is 469 g/mol. The molecule has 1 saturated heterocycles. The standard InChI is InChI=1S/C28H44O2Si2/c1-22(30-31(8,9)27(2,3)4)26-20-23(29-26)21-32(28(5,6)7,24-16-12-10-13-17-24)25-18-14-11-15-19-25/h10-19,22-23,26H,20-21H2,1-9H3/t22-,23-,26+/m1/s1. The molecule has 2 aromatic rings. The van der Waals surface area contributed by atoms with E-state index in [0.29, 0.717) is 6.10 Å². The third-order valence-electron chi connectivity index (χ3n) is 8.02. The Bertz CT molecular complexity index is 820. The smallest absolute Gasteiger partial charge is 0.192 e. The summed E-state index contributed by atoms with van der Waals surface area (Å²) in [4.78, 5) is 0. The van der Waals surface area contributed by atoms with Crippen molar-refractivity contribution in [3.05, 3.63) is 60.7 Å². The molecule has 0 spiro atoms. The maximum atomic E-state index is 6.65. The highest BCUT2D eigenvalue weighted by Gasteiger charge is 2.52. The molecule has 0 unspecified atom stereocenters. The van der Waals surface area contributed by atoms with Crippen LogP contribution in [0.5, 0.6) is 0 Å². The molecule has 0 radical (unpaired) electrons. The maximum Gasteiger partial charge on any atom is 0.192 e. The summed E-state index contributed by atoms with van der Waals surface area (Å²) in [6, 6.07) is 23.6. The fourth-order valence-corrected chi connectivity index (χ4v) is 12.1. The first-order valence-electron chi connectivity index (χ1n) is 12.2. The molecule has 1 fully saturated rings. The van der Waals surface area contributed by atoms with E-state index in [-0.39, 0.29) is 22.3 Å². The SMILES string of the molecule is C[C@@H](O[Si](C)(C)C(C)(C)C)[C@@H]1C[C@H](C[Si](c2ccccc2)(c2ccccc2)C(C)(C)C)O1. The van der Waals surface area contributed by atoms with Gasteiger partial charge in [-0.2, -0.15) is 0 Å². The molecule has 2 aromatic carbocycles. The van der Waals surface area contributed by atoms with Gasteiger partial charge < -0.3 is 9.16 Å². The van der Waals surface area contributed by atoms with E-state index in [2.05, 4.69) is 122 Å². The van der Waals surface area contributed by atoms with Gasteiger partial charge in [0.05, 0.1) is 18.3 Å². The summed E-state index contributed by atoms with van der Waals surface area (Å²) in [6.45, 7) is 21.1. The second kappa shape index (κ2) is 9.21. The highest BCUT2D eigenvalue weighted by Crippen LogP contribution is 2.44. The van der Waals surface area contributed by atoms with Crippen LogP contribution in [0.3, 0.4) is 0 Å². The molecule has 2 nitrogen and oxygen atoms in total. The fourth-order valence-electron chi connectivity index (χ4n) is 5.01. The predicted octanol–water partition coefficient (Wildman–Crippen LogP) is 6.62. The summed E-state index contributed by atoms with van der Waals surface area (Å²) < 4.78 is 13.2. The summed E-state index contributed by atoms with van der Waals surface area (Å²) >= 11 is 0. The van der Waals surface area contributed by atoms with E-state index in [4.69, 9.17) is 9.16 Å². The first-order valence-corrected chi connectivity index (χ1v) is 17.3. The molecule has 1 aliphatic rings. The van der Waals surface area contributed by atoms with Crippen molar-refractivity contribution in [2.75, 3.05) is 0 Å². The first-order chi connectivity index (χ1) is 14.8. The predicted molar refractivity (Wildman–Crippen MR) is 143 cm³/mol. The Morgan fingerprint density at radius 3 is 1.66 bits per heavy atom. The summed E-state index contributed by atoms with van der Waals surface area (Å²) in [5.41, 5.74) is 0. The average Bonchev–Trinajstić information content (AvgIpc) is 2.66. The third kappa shape index (κ3) is 4.99. The van der Waals surface area contributed by atoms with E-state index >= 15 is 0 Å². The topological polar surface area (TPSA) is 18.5 Å². The molecule has 0 aromatic heterocycles. The van der Waals surface area contributed by atoms with Crippen LogP contribution in [0.15, 0.2) is 60.7 Å². The van der Waals surface area contributed by atoms with Gasteiger partial charge in [-0.25, -0.2) is 0 Å². The van der Waals surface area contributed by atoms with E-state index in [1.807, 2.05) is 0 Å². The second-order valence-electron chi connectivity index (χ2n) is 12.2. The van der Waals surface area contributed by atoms with Crippen LogP contribution in [-0.2, 0) is 9.16 Å². The van der Waals surface area contributed by atoms with Gasteiger partial charge in [0.15, 0.2) is 8.32 Å². The van der Waals surface area contributed by atoms with Gasteiger partial charge in [0.1, 0.15) is 8.07 Å². The lowest BCUT2D eigenvalue weighted by Gasteiger charge is -2.50. The fraction of sp³-hybridized carbons (Fsp3) is 0.571. The van der Waals surface area contributed by atoms with Crippen molar-refractivity contribution in [3.63, 3.8) is 0 Å². The van der Waals surface area contributed by atoms with Crippen LogP contribution >= 0.6 is 0 Å². The summed E-state index contributed by atoms with van der Waals surface area (Å²) in [5.74, 6) is 0. The van der Waals surface area contributed by atoms with Crippen molar-refractivity contribution >= 4 is 26.8 Å². The minimum atomic E-state index is -2.08. The molecule has 32 heavy (non-hydrogen) atoms. The molecule has 0 bridgehead atoms. The van der Waals surface area contributed by atoms with E-state index in [9.17, 15) is 0 Å². The van der Waals surface area contributed by atoms with Crippen molar-refractivity contribution < 1.29 is 9.16 Å². The zero-order valence-corrected chi connectivity index (χ0v) is 23.7. The van der Waals surface area contributed by atoms with E-state index in [0.717, 1.165) is 12.5 Å². The van der Waals surface area contributed by atoms with Crippen molar-refractivity contribution in [1.82, 2.24) is 0 Å². The molecule has 0 aliphatic carbocycles. The number of ether oxygens (including phenoxy) is 1. The number of benzene rings is 2. The first kappa shape index (κ1) is 25.4. The quantitative estimate of drug-likeness (QED) is 0.425. The van der Waals surface area contributed by atoms with Crippen LogP contribution < -0.4 is 10.4 Å². The van der Waals surface area contributed by atoms with Crippen LogP contribution in [0.2, 0.25) is 29.2 Å². The molecule has 1 heterocycles. The van der Waals surface area contributed by atoms with Crippen LogP contribution in [0.1, 0.15) is 54.9 Å². The van der Waals surface area contributed by atoms with Gasteiger partial charge in [-0.05, 0) is 36.1 Å². The Hall–Kier alpha value is -1.21. The van der Waals surface area contributed by atoms with E-state index in [1.54, 1.807) is 0 Å². The van der Waals surface area contributed by atoms with Gasteiger partial charge in [0, 0.05) is 6.42 Å². The summed E-state index contributed by atoms with van der Waals surface area (Å²) in [5, 5.41) is 3.42. The Balaban J connectivity index is 1.83. The van der Waals surface area contributed by atoms with Crippen molar-refractivity contribution in [2.24, 2.45) is 0 Å². The van der Waals surface area contributed by atoms with Crippen LogP contribution in [0, 0.1) is 0 Å². The normalized spacial score (nSPS) is 21.2. The zero-order valence-electron chi connectivity index (χ0n) is 21.7. The highest BCUT2D eigenvalue weighted by atomic mass is 28.4. The third-order valence-corrected chi connectivity index (χ3v) is 18.9. The van der Waals surface area contributed by atoms with E-state index < -0.39 is 16.4 Å². The van der Waals surface area contributed by atoms with Crippen LogP contribution in [0.4, 0.5) is 0 Å². The molecule has 3 rings (SSSR count). The Kier molecular flexibility index (Phi) is 7.31. The van der Waals surface area contributed by atoms with Gasteiger partial charge in [-0.3, -0.25) is 0 Å². The number of hydrogen-bond acceptors (Lipinski definition) is 2. The van der Waals surface area contributed by atoms with Crippen molar-refractivity contribution in [2.45, 2.75) is 102 Å². The maximum absolute atomic E-state index is 6.65. The molecule has 3 atom stereocenters. The van der Waals surface area contributed by atoms with Crippen LogP contribution in [-0.4, -0.2) is 34.7 Å². The van der Waals surface area contributed by atoms with Gasteiger partial charge in [0.2, 0.25) is 0 Å². The van der Waals surface area contributed by atoms with Crippen molar-refractivity contribution in [1.29, 1.82) is 0 Å². The molecule has 0 N–H and O–H groups in total. The monoisotopic (exact) mass is 468 g/mol. The molecule has 1 aliphatic heterocycles. The second-order valence-corrected chi connectivity index (χ2v) is 21.8. The highest BCUT2D eigenvalue weighted by molar-refractivity contribution is 7.04. The minimum Gasteiger partial charge on any atom is -0.412 e. The lowest BCUT2D eigenvalue weighted by molar-refractivity contribution is -0.155. The van der Waals surface area contributed by atoms with Gasteiger partial charge in [0.25, 0.3) is 0 Å². The molecular formula is C28H44O2Si2. The minimum absolute atomic E-state index is 0.159. The lowest BCUT2D eigenvalue weighted by Crippen LogP contribution is -2.67.